The molecule has 1 aromatic heterocycles. The highest BCUT2D eigenvalue weighted by Crippen LogP contribution is 2.35. The second kappa shape index (κ2) is 8.79. The number of benzene rings is 1. The van der Waals surface area contributed by atoms with E-state index in [0.29, 0.717) is 12.0 Å². The van der Waals surface area contributed by atoms with Crippen LogP contribution in [0.5, 0.6) is 0 Å². The van der Waals surface area contributed by atoms with Gasteiger partial charge in [-0.25, -0.2) is 0 Å². The predicted molar refractivity (Wildman–Crippen MR) is 111 cm³/mol. The molecule has 2 rings (SSSR count). The summed E-state index contributed by atoms with van der Waals surface area (Å²) in [6, 6.07) is 10.1. The van der Waals surface area contributed by atoms with Crippen molar-refractivity contribution >= 4 is 34.9 Å². The zero-order valence-corrected chi connectivity index (χ0v) is 16.8. The van der Waals surface area contributed by atoms with Gasteiger partial charge >= 0.3 is 0 Å². The summed E-state index contributed by atoms with van der Waals surface area (Å²) in [5, 5.41) is 13.9. The maximum atomic E-state index is 12.2. The first-order chi connectivity index (χ1) is 13.1. The van der Waals surface area contributed by atoms with E-state index >= 15 is 0 Å². The Kier molecular flexibility index (Phi) is 6.69. The zero-order valence-electron chi connectivity index (χ0n) is 16.0. The molecule has 0 aliphatic carbocycles. The van der Waals surface area contributed by atoms with Crippen molar-refractivity contribution in [3.63, 3.8) is 0 Å². The largest absolute Gasteiger partial charge is 0.368 e. The van der Waals surface area contributed by atoms with Gasteiger partial charge in [0.2, 0.25) is 11.8 Å². The van der Waals surface area contributed by atoms with Crippen LogP contribution in [0.15, 0.2) is 42.5 Å². The van der Waals surface area contributed by atoms with Crippen LogP contribution in [0.2, 0.25) is 0 Å². The number of nitro groups is 1. The first-order valence-corrected chi connectivity index (χ1v) is 9.58. The molecule has 1 heterocycles. The molecule has 3 N–H and O–H groups in total. The van der Waals surface area contributed by atoms with E-state index in [4.69, 9.17) is 5.73 Å². The van der Waals surface area contributed by atoms with Crippen molar-refractivity contribution < 1.29 is 14.5 Å². The molecule has 0 aliphatic rings. The van der Waals surface area contributed by atoms with Crippen molar-refractivity contribution in [1.29, 1.82) is 0 Å². The molecule has 1 unspecified atom stereocenters. The Balaban J connectivity index is 2.15. The molecule has 2 amide bonds. The number of nitro benzene ring substituents is 1. The molecule has 1 aromatic carbocycles. The smallest absolute Gasteiger partial charge is 0.278 e. The maximum Gasteiger partial charge on any atom is 0.278 e. The van der Waals surface area contributed by atoms with E-state index in [1.807, 2.05) is 13.8 Å². The lowest BCUT2D eigenvalue weighted by atomic mass is 9.90. The zero-order chi connectivity index (χ0) is 20.9. The lowest BCUT2D eigenvalue weighted by Gasteiger charge is -2.28. The topological polar surface area (TPSA) is 115 Å². The molecule has 7 nitrogen and oxygen atoms in total. The Morgan fingerprint density at radius 1 is 1.29 bits per heavy atom. The molecule has 8 heteroatoms. The Labute approximate surface area is 167 Å². The quantitative estimate of drug-likeness (QED) is 0.398. The third kappa shape index (κ3) is 5.26. The number of carbonyl (C=O) groups is 2. The number of nitrogens with two attached hydrogens (primary N) is 1. The van der Waals surface area contributed by atoms with E-state index in [1.54, 1.807) is 43.3 Å². The third-order valence-corrected chi connectivity index (χ3v) is 5.24. The summed E-state index contributed by atoms with van der Waals surface area (Å²) in [4.78, 5) is 36.2. The van der Waals surface area contributed by atoms with Gasteiger partial charge in [0.1, 0.15) is 5.54 Å². The molecule has 0 fully saturated rings. The van der Waals surface area contributed by atoms with Crippen molar-refractivity contribution in [3.8, 4) is 10.4 Å². The van der Waals surface area contributed by atoms with Gasteiger partial charge in [-0.05, 0) is 43.5 Å². The number of para-hydroxylation sites is 1. The van der Waals surface area contributed by atoms with Gasteiger partial charge in [0.25, 0.3) is 5.69 Å². The van der Waals surface area contributed by atoms with E-state index < -0.39 is 22.3 Å². The Morgan fingerprint density at radius 2 is 1.96 bits per heavy atom. The fourth-order valence-electron chi connectivity index (χ4n) is 2.93. The molecule has 0 aliphatic heterocycles. The average molecular weight is 401 g/mol. The predicted octanol–water partition coefficient (Wildman–Crippen LogP) is 3.74. The second-order valence-electron chi connectivity index (χ2n) is 7.09. The Morgan fingerprint density at radius 3 is 2.57 bits per heavy atom. The first kappa shape index (κ1) is 21.3. The van der Waals surface area contributed by atoms with E-state index in [-0.39, 0.29) is 11.6 Å². The number of hydrogen-bond acceptors (Lipinski definition) is 5. The molecular formula is C20H23N3O4S. The fourth-order valence-corrected chi connectivity index (χ4v) is 3.87. The number of hydrogen-bond donors (Lipinski definition) is 2. The Bertz CT molecular complexity index is 920. The van der Waals surface area contributed by atoms with Crippen LogP contribution in [0.1, 0.15) is 32.1 Å². The Hall–Kier alpha value is -3.00. The van der Waals surface area contributed by atoms with Crippen LogP contribution < -0.4 is 11.1 Å². The molecule has 148 valence electrons. The highest BCUT2D eigenvalue weighted by atomic mass is 32.1. The number of primary amides is 1. The van der Waals surface area contributed by atoms with Crippen LogP contribution in [0.25, 0.3) is 16.5 Å². The minimum absolute atomic E-state index is 0.0310. The SMILES string of the molecule is CC(C)CC(C)(NC(=O)C=Cc1ccc(-c2ccccc2[N+](=O)[O-])s1)C(N)=O. The number of rotatable bonds is 8. The van der Waals surface area contributed by atoms with E-state index in [0.717, 1.165) is 9.75 Å². The van der Waals surface area contributed by atoms with Crippen molar-refractivity contribution in [2.75, 3.05) is 0 Å². The van der Waals surface area contributed by atoms with Gasteiger partial charge in [0.05, 0.1) is 10.5 Å². The molecule has 0 bridgehead atoms. The highest BCUT2D eigenvalue weighted by molar-refractivity contribution is 7.16. The van der Waals surface area contributed by atoms with Crippen LogP contribution in [-0.2, 0) is 9.59 Å². The molecule has 0 saturated heterocycles. The number of nitrogens with zero attached hydrogens (tertiary/aromatic N) is 1. The van der Waals surface area contributed by atoms with Crippen LogP contribution in [0, 0.1) is 16.0 Å². The van der Waals surface area contributed by atoms with Crippen molar-refractivity contribution in [2.45, 2.75) is 32.7 Å². The lowest BCUT2D eigenvalue weighted by Crippen LogP contribution is -2.55. The van der Waals surface area contributed by atoms with E-state index in [2.05, 4.69) is 5.32 Å². The standard InChI is InChI=1S/C20H23N3O4S/c1-13(2)12-20(3,19(21)25)22-18(24)11-9-14-8-10-17(28-14)15-6-4-5-7-16(15)23(26)27/h4-11,13H,12H2,1-3H3,(H2,21,25)(H,22,24). The van der Waals surface area contributed by atoms with Gasteiger partial charge in [-0.15, -0.1) is 11.3 Å². The van der Waals surface area contributed by atoms with Crippen molar-refractivity contribution in [3.05, 3.63) is 57.5 Å². The van der Waals surface area contributed by atoms with E-state index in [1.165, 1.54) is 23.5 Å². The van der Waals surface area contributed by atoms with Gasteiger partial charge in [0, 0.05) is 21.9 Å². The fraction of sp³-hybridized carbons (Fsp3) is 0.300. The lowest BCUT2D eigenvalue weighted by molar-refractivity contribution is -0.384. The minimum atomic E-state index is -1.12. The molecular weight excluding hydrogens is 378 g/mol. The molecule has 0 spiro atoms. The molecule has 0 saturated carbocycles. The molecule has 28 heavy (non-hydrogen) atoms. The summed E-state index contributed by atoms with van der Waals surface area (Å²) in [5.74, 6) is -0.830. The minimum Gasteiger partial charge on any atom is -0.368 e. The van der Waals surface area contributed by atoms with Gasteiger partial charge in [-0.3, -0.25) is 19.7 Å². The summed E-state index contributed by atoms with van der Waals surface area (Å²) in [6.45, 7) is 5.50. The monoisotopic (exact) mass is 401 g/mol. The van der Waals surface area contributed by atoms with E-state index in [9.17, 15) is 19.7 Å². The highest BCUT2D eigenvalue weighted by Gasteiger charge is 2.32. The second-order valence-corrected chi connectivity index (χ2v) is 8.21. The van der Waals surface area contributed by atoms with Crippen LogP contribution in [0.3, 0.4) is 0 Å². The summed E-state index contributed by atoms with van der Waals surface area (Å²) in [6.07, 6.45) is 3.37. The van der Waals surface area contributed by atoms with Crippen LogP contribution in [-0.4, -0.2) is 22.3 Å². The summed E-state index contributed by atoms with van der Waals surface area (Å²) >= 11 is 1.33. The number of carbonyl (C=O) groups excluding carboxylic acids is 2. The van der Waals surface area contributed by atoms with Gasteiger partial charge in [0.15, 0.2) is 0 Å². The first-order valence-electron chi connectivity index (χ1n) is 8.76. The molecule has 0 radical (unpaired) electrons. The summed E-state index contributed by atoms with van der Waals surface area (Å²) in [5.41, 5.74) is 4.88. The van der Waals surface area contributed by atoms with Gasteiger partial charge < -0.3 is 11.1 Å². The van der Waals surface area contributed by atoms with Crippen molar-refractivity contribution in [1.82, 2.24) is 5.32 Å². The summed E-state index contributed by atoms with van der Waals surface area (Å²) < 4.78 is 0. The maximum absolute atomic E-state index is 12.2. The molecule has 2 aromatic rings. The van der Waals surface area contributed by atoms with Gasteiger partial charge in [-0.1, -0.05) is 26.0 Å². The third-order valence-electron chi connectivity index (χ3n) is 4.15. The van der Waals surface area contributed by atoms with Crippen molar-refractivity contribution in [2.24, 2.45) is 11.7 Å². The van der Waals surface area contributed by atoms with Crippen LogP contribution >= 0.6 is 11.3 Å². The summed E-state index contributed by atoms with van der Waals surface area (Å²) in [7, 11) is 0. The number of thiophene rings is 1. The average Bonchev–Trinajstić information content (AvgIpc) is 3.08. The number of nitrogens with one attached hydrogen (secondary N) is 1. The molecule has 1 atom stereocenters. The normalized spacial score (nSPS) is 13.4. The van der Waals surface area contributed by atoms with Crippen LogP contribution in [0.4, 0.5) is 5.69 Å². The van der Waals surface area contributed by atoms with Gasteiger partial charge in [-0.2, -0.15) is 0 Å². The number of amides is 2.